The molecule has 0 aromatic heterocycles. The van der Waals surface area contributed by atoms with Gasteiger partial charge in [-0.05, 0) is 33.2 Å². The largest absolute Gasteiger partial charge is 0.396 e. The smallest absolute Gasteiger partial charge is 0.222 e. The van der Waals surface area contributed by atoms with Crippen molar-refractivity contribution in [3.8, 4) is 0 Å². The summed E-state index contributed by atoms with van der Waals surface area (Å²) in [6, 6.07) is 0.201. The molecule has 4 heteroatoms. The highest BCUT2D eigenvalue weighted by Gasteiger charge is 2.15. The zero-order chi connectivity index (χ0) is 11.0. The number of amides is 1. The van der Waals surface area contributed by atoms with Crippen molar-refractivity contribution < 1.29 is 9.90 Å². The molecule has 0 rings (SSSR count). The minimum absolute atomic E-state index is 0.132. The third-order valence-corrected chi connectivity index (χ3v) is 2.10. The summed E-state index contributed by atoms with van der Waals surface area (Å²) in [5.74, 6) is 0.138. The summed E-state index contributed by atoms with van der Waals surface area (Å²) in [5, 5.41) is 8.70. The van der Waals surface area contributed by atoms with Gasteiger partial charge in [0, 0.05) is 25.6 Å². The first-order valence-electron chi connectivity index (χ1n) is 5.23. The van der Waals surface area contributed by atoms with Gasteiger partial charge in [0.2, 0.25) is 5.91 Å². The van der Waals surface area contributed by atoms with Crippen LogP contribution in [0.25, 0.3) is 0 Å². The van der Waals surface area contributed by atoms with Crippen LogP contribution in [0.5, 0.6) is 0 Å². The van der Waals surface area contributed by atoms with Gasteiger partial charge in [-0.3, -0.25) is 4.79 Å². The van der Waals surface area contributed by atoms with E-state index in [-0.39, 0.29) is 18.6 Å². The molecular formula is C10H22N2O2. The number of hydrogen-bond acceptors (Lipinski definition) is 3. The van der Waals surface area contributed by atoms with Crippen LogP contribution in [0, 0.1) is 0 Å². The molecule has 3 N–H and O–H groups in total. The van der Waals surface area contributed by atoms with E-state index in [4.69, 9.17) is 10.8 Å². The molecule has 0 aliphatic carbocycles. The molecule has 0 bridgehead atoms. The maximum absolute atomic E-state index is 11.6. The quantitative estimate of drug-likeness (QED) is 0.626. The third kappa shape index (κ3) is 5.19. The lowest BCUT2D eigenvalue weighted by Crippen LogP contribution is -2.38. The van der Waals surface area contributed by atoms with Crippen LogP contribution in [0.1, 0.15) is 33.1 Å². The summed E-state index contributed by atoms with van der Waals surface area (Å²) in [4.78, 5) is 13.4. The number of rotatable bonds is 7. The van der Waals surface area contributed by atoms with E-state index in [0.29, 0.717) is 25.9 Å². The summed E-state index contributed by atoms with van der Waals surface area (Å²) in [6.45, 7) is 5.29. The lowest BCUT2D eigenvalue weighted by molar-refractivity contribution is -0.133. The van der Waals surface area contributed by atoms with Crippen molar-refractivity contribution in [2.75, 3.05) is 19.7 Å². The Hall–Kier alpha value is -0.610. The van der Waals surface area contributed by atoms with Crippen molar-refractivity contribution >= 4 is 5.91 Å². The Morgan fingerprint density at radius 1 is 1.43 bits per heavy atom. The van der Waals surface area contributed by atoms with E-state index < -0.39 is 0 Å². The monoisotopic (exact) mass is 202 g/mol. The van der Waals surface area contributed by atoms with Crippen LogP contribution in [0.2, 0.25) is 0 Å². The van der Waals surface area contributed by atoms with E-state index >= 15 is 0 Å². The summed E-state index contributed by atoms with van der Waals surface area (Å²) in [5.41, 5.74) is 5.34. The lowest BCUT2D eigenvalue weighted by atomic mass is 10.2. The molecule has 0 atom stereocenters. The van der Waals surface area contributed by atoms with Crippen LogP contribution in [0.4, 0.5) is 0 Å². The number of aliphatic hydroxyl groups is 1. The van der Waals surface area contributed by atoms with Crippen molar-refractivity contribution in [3.63, 3.8) is 0 Å². The maximum Gasteiger partial charge on any atom is 0.222 e. The fraction of sp³-hybridized carbons (Fsp3) is 0.900. The number of nitrogens with two attached hydrogens (primary N) is 1. The van der Waals surface area contributed by atoms with Crippen molar-refractivity contribution in [2.45, 2.75) is 39.2 Å². The lowest BCUT2D eigenvalue weighted by Gasteiger charge is -2.26. The van der Waals surface area contributed by atoms with Crippen LogP contribution in [0.3, 0.4) is 0 Å². The summed E-state index contributed by atoms with van der Waals surface area (Å²) < 4.78 is 0. The molecule has 0 aliphatic heterocycles. The maximum atomic E-state index is 11.6. The topological polar surface area (TPSA) is 66.6 Å². The first-order valence-corrected chi connectivity index (χ1v) is 5.23. The zero-order valence-electron chi connectivity index (χ0n) is 9.20. The van der Waals surface area contributed by atoms with Crippen molar-refractivity contribution in [2.24, 2.45) is 5.73 Å². The predicted octanol–water partition coefficient (Wildman–Crippen LogP) is 0.345. The molecule has 0 fully saturated rings. The Morgan fingerprint density at radius 2 is 2.07 bits per heavy atom. The van der Waals surface area contributed by atoms with Gasteiger partial charge in [-0.25, -0.2) is 0 Å². The molecule has 0 saturated heterocycles. The molecule has 0 heterocycles. The van der Waals surface area contributed by atoms with Crippen LogP contribution < -0.4 is 5.73 Å². The Bertz CT molecular complexity index is 160. The highest BCUT2D eigenvalue weighted by molar-refractivity contribution is 5.76. The SMILES string of the molecule is CC(C)N(CCCO)C(=O)CCCN. The normalized spacial score (nSPS) is 10.6. The van der Waals surface area contributed by atoms with E-state index in [9.17, 15) is 4.79 Å². The van der Waals surface area contributed by atoms with Crippen molar-refractivity contribution in [3.05, 3.63) is 0 Å². The second-order valence-corrected chi connectivity index (χ2v) is 3.65. The van der Waals surface area contributed by atoms with E-state index in [1.54, 1.807) is 4.90 Å². The first-order chi connectivity index (χ1) is 6.63. The Balaban J connectivity index is 3.98. The minimum atomic E-state index is 0.132. The zero-order valence-corrected chi connectivity index (χ0v) is 9.20. The molecule has 1 amide bonds. The number of nitrogens with zero attached hydrogens (tertiary/aromatic N) is 1. The number of hydrogen-bond donors (Lipinski definition) is 2. The van der Waals surface area contributed by atoms with Gasteiger partial charge in [-0.2, -0.15) is 0 Å². The first kappa shape index (κ1) is 13.4. The predicted molar refractivity (Wildman–Crippen MR) is 56.8 cm³/mol. The van der Waals surface area contributed by atoms with Gasteiger partial charge in [-0.1, -0.05) is 0 Å². The minimum Gasteiger partial charge on any atom is -0.396 e. The third-order valence-electron chi connectivity index (χ3n) is 2.10. The van der Waals surface area contributed by atoms with Gasteiger partial charge in [0.25, 0.3) is 0 Å². The average Bonchev–Trinajstić information content (AvgIpc) is 2.14. The second kappa shape index (κ2) is 7.76. The van der Waals surface area contributed by atoms with Gasteiger partial charge in [0.15, 0.2) is 0 Å². The Morgan fingerprint density at radius 3 is 2.50 bits per heavy atom. The molecule has 0 radical (unpaired) electrons. The van der Waals surface area contributed by atoms with Crippen LogP contribution >= 0.6 is 0 Å². The fourth-order valence-corrected chi connectivity index (χ4v) is 1.31. The number of carbonyl (C=O) groups is 1. The molecule has 0 aliphatic rings. The molecule has 0 unspecified atom stereocenters. The highest BCUT2D eigenvalue weighted by Crippen LogP contribution is 2.04. The number of carbonyl (C=O) groups excluding carboxylic acids is 1. The van der Waals surface area contributed by atoms with E-state index in [1.807, 2.05) is 13.8 Å². The van der Waals surface area contributed by atoms with Crippen LogP contribution in [-0.4, -0.2) is 41.7 Å². The van der Waals surface area contributed by atoms with Gasteiger partial charge in [0.05, 0.1) is 0 Å². The van der Waals surface area contributed by atoms with Crippen LogP contribution in [-0.2, 0) is 4.79 Å². The summed E-state index contributed by atoms with van der Waals surface area (Å²) in [7, 11) is 0. The van der Waals surface area contributed by atoms with Gasteiger partial charge < -0.3 is 15.7 Å². The van der Waals surface area contributed by atoms with Crippen molar-refractivity contribution in [1.82, 2.24) is 4.90 Å². The van der Waals surface area contributed by atoms with E-state index in [2.05, 4.69) is 0 Å². The van der Waals surface area contributed by atoms with E-state index in [0.717, 1.165) is 6.42 Å². The molecule has 84 valence electrons. The summed E-state index contributed by atoms with van der Waals surface area (Å²) >= 11 is 0. The highest BCUT2D eigenvalue weighted by atomic mass is 16.3. The molecule has 14 heavy (non-hydrogen) atoms. The Kier molecular flexibility index (Phi) is 7.42. The van der Waals surface area contributed by atoms with E-state index in [1.165, 1.54) is 0 Å². The summed E-state index contributed by atoms with van der Waals surface area (Å²) in [6.07, 6.45) is 1.90. The molecule has 0 saturated carbocycles. The van der Waals surface area contributed by atoms with Gasteiger partial charge in [0.1, 0.15) is 0 Å². The van der Waals surface area contributed by atoms with Crippen molar-refractivity contribution in [1.29, 1.82) is 0 Å². The van der Waals surface area contributed by atoms with Gasteiger partial charge in [-0.15, -0.1) is 0 Å². The Labute approximate surface area is 86.1 Å². The van der Waals surface area contributed by atoms with Gasteiger partial charge >= 0.3 is 0 Å². The van der Waals surface area contributed by atoms with Crippen LogP contribution in [0.15, 0.2) is 0 Å². The average molecular weight is 202 g/mol. The molecule has 0 aromatic carbocycles. The molecule has 0 aromatic rings. The fourth-order valence-electron chi connectivity index (χ4n) is 1.31. The number of aliphatic hydroxyl groups excluding tert-OH is 1. The molecular weight excluding hydrogens is 180 g/mol. The molecule has 0 spiro atoms. The second-order valence-electron chi connectivity index (χ2n) is 3.65. The molecule has 4 nitrogen and oxygen atoms in total. The standard InChI is InChI=1S/C10H22N2O2/c1-9(2)12(7-4-8-13)10(14)5-3-6-11/h9,13H,3-8,11H2,1-2H3.